The molecule has 3 aliphatic rings. The number of aliphatic carboxylic acids is 1. The molecule has 3 N–H and O–H groups in total. The maximum absolute atomic E-state index is 14.3. The molecule has 0 spiro atoms. The second-order valence-electron chi connectivity index (χ2n) is 12.9. The summed E-state index contributed by atoms with van der Waals surface area (Å²) in [5.74, 6) is -3.51. The number of carbonyl (C=O) groups is 4. The summed E-state index contributed by atoms with van der Waals surface area (Å²) >= 11 is 1.45. The lowest BCUT2D eigenvalue weighted by Crippen LogP contribution is -2.58. The van der Waals surface area contributed by atoms with Crippen molar-refractivity contribution in [2.45, 2.75) is 69.4 Å². The van der Waals surface area contributed by atoms with Crippen molar-refractivity contribution < 1.29 is 43.7 Å². The van der Waals surface area contributed by atoms with Gasteiger partial charge in [0.15, 0.2) is 0 Å². The average Bonchev–Trinajstić information content (AvgIpc) is 3.38. The van der Waals surface area contributed by atoms with Gasteiger partial charge in [0, 0.05) is 25.2 Å². The molecule has 1 aliphatic carbocycles. The first-order valence-electron chi connectivity index (χ1n) is 16.2. The third-order valence-corrected chi connectivity index (χ3v) is 10.1. The Bertz CT molecular complexity index is 1730. The summed E-state index contributed by atoms with van der Waals surface area (Å²) in [6.07, 6.45) is 0.175. The van der Waals surface area contributed by atoms with Crippen LogP contribution in [0.25, 0.3) is 21.6 Å². The summed E-state index contributed by atoms with van der Waals surface area (Å²) in [7, 11) is 0. The molecule has 3 amide bonds. The van der Waals surface area contributed by atoms with Crippen molar-refractivity contribution in [3.8, 4) is 16.5 Å². The Balaban J connectivity index is 1.29. The van der Waals surface area contributed by atoms with Gasteiger partial charge in [-0.1, -0.05) is 38.1 Å². The van der Waals surface area contributed by atoms with Crippen LogP contribution >= 0.6 is 11.3 Å². The number of aromatic nitrogens is 2. The maximum atomic E-state index is 14.3. The van der Waals surface area contributed by atoms with Crippen LogP contribution in [0.1, 0.15) is 39.5 Å². The van der Waals surface area contributed by atoms with E-state index < -0.39 is 65.5 Å². The topological polar surface area (TPSA) is 181 Å². The van der Waals surface area contributed by atoms with Gasteiger partial charge in [-0.2, -0.15) is 5.06 Å². The third kappa shape index (κ3) is 6.96. The number of carboxylic acid groups (broad SMARTS) is 1. The molecule has 2 unspecified atom stereocenters. The number of rotatable bonds is 11. The van der Waals surface area contributed by atoms with Gasteiger partial charge < -0.3 is 29.5 Å². The number of likely N-dealkylation sites (tertiary alicyclic amines) is 1. The maximum Gasteiger partial charge on any atom is 0.434 e. The number of ether oxygens (including phenoxy) is 3. The van der Waals surface area contributed by atoms with Crippen LogP contribution in [-0.2, 0) is 23.9 Å². The first kappa shape index (κ1) is 34.3. The first-order valence-corrected chi connectivity index (χ1v) is 17.1. The number of thiophene rings is 1. The fourth-order valence-corrected chi connectivity index (χ4v) is 7.14. The van der Waals surface area contributed by atoms with Gasteiger partial charge in [-0.25, -0.2) is 19.6 Å². The molecule has 1 saturated carbocycles. The van der Waals surface area contributed by atoms with Gasteiger partial charge in [0.05, 0.1) is 35.7 Å². The zero-order valence-corrected chi connectivity index (χ0v) is 28.0. The van der Waals surface area contributed by atoms with E-state index in [0.717, 1.165) is 4.88 Å². The molecule has 6 rings (SSSR count). The molecule has 49 heavy (non-hydrogen) atoms. The third-order valence-electron chi connectivity index (χ3n) is 9.22. The number of carbonyl (C=O) groups excluding carboxylic acids is 3. The number of benzene rings is 1. The number of hydrogen-bond donors (Lipinski definition) is 3. The van der Waals surface area contributed by atoms with E-state index in [0.29, 0.717) is 42.8 Å². The van der Waals surface area contributed by atoms with Crippen molar-refractivity contribution in [2.75, 3.05) is 19.8 Å². The molecule has 2 aliphatic heterocycles. The molecular formula is C34H39N5O9S. The van der Waals surface area contributed by atoms with Crippen LogP contribution in [0, 0.1) is 11.8 Å². The van der Waals surface area contributed by atoms with Gasteiger partial charge in [-0.15, -0.1) is 17.9 Å². The molecule has 0 bridgehead atoms. The molecule has 260 valence electrons. The van der Waals surface area contributed by atoms with Gasteiger partial charge in [0.2, 0.25) is 17.7 Å². The van der Waals surface area contributed by atoms with Crippen LogP contribution in [-0.4, -0.2) is 104 Å². The van der Waals surface area contributed by atoms with Crippen LogP contribution in [0.4, 0.5) is 4.79 Å². The minimum absolute atomic E-state index is 0.0207. The summed E-state index contributed by atoms with van der Waals surface area (Å²) in [5, 5.41) is 25.9. The van der Waals surface area contributed by atoms with E-state index in [9.17, 15) is 29.5 Å². The first-order chi connectivity index (χ1) is 23.5. The number of fused-ring (bicyclic) bond motifs is 1. The van der Waals surface area contributed by atoms with Crippen LogP contribution in [0.5, 0.6) is 5.88 Å². The van der Waals surface area contributed by atoms with E-state index in [-0.39, 0.29) is 30.3 Å². The minimum atomic E-state index is -1.55. The lowest BCUT2D eigenvalue weighted by atomic mass is 10.0. The van der Waals surface area contributed by atoms with E-state index >= 15 is 0 Å². The predicted molar refractivity (Wildman–Crippen MR) is 177 cm³/mol. The van der Waals surface area contributed by atoms with E-state index in [1.807, 2.05) is 35.7 Å². The Labute approximate surface area is 286 Å². The molecule has 2 saturated heterocycles. The molecule has 5 atom stereocenters. The number of nitrogens with one attached hydrogen (secondary N) is 1. The summed E-state index contributed by atoms with van der Waals surface area (Å²) in [5.41, 5.74) is 0.198. The van der Waals surface area contributed by atoms with Gasteiger partial charge in [0.25, 0.3) is 0 Å². The Morgan fingerprint density at radius 3 is 2.45 bits per heavy atom. The highest BCUT2D eigenvalue weighted by Crippen LogP contribution is 2.45. The lowest BCUT2D eigenvalue weighted by molar-refractivity contribution is -0.165. The fraction of sp³-hybridized carbons (Fsp3) is 0.471. The standard InChI is InChI=1S/C34H39N5O9S/c1-4-20-17-34(20,32(42)43)37-29(40)25-16-22(47-30-27(26-10-7-15-49-26)35-23-8-5-6-9-24(23)36-30)18-38(25)31(41)28(19(2)3)39(45)33(44)48-21-11-13-46-14-12-21/h4-10,15,19-22,25,28,45H,1,11-14,16-18H2,2-3H3,(H,37,40)(H,42,43)/t20-,22-,25+,28?,34?/m1/s1. The summed E-state index contributed by atoms with van der Waals surface area (Å²) in [6, 6.07) is 8.47. The highest BCUT2D eigenvalue weighted by atomic mass is 32.1. The highest BCUT2D eigenvalue weighted by molar-refractivity contribution is 7.13. The molecule has 2 aromatic heterocycles. The molecule has 0 radical (unpaired) electrons. The minimum Gasteiger partial charge on any atom is -0.479 e. The van der Waals surface area contributed by atoms with Crippen molar-refractivity contribution in [3.63, 3.8) is 0 Å². The molecular weight excluding hydrogens is 654 g/mol. The Morgan fingerprint density at radius 2 is 1.84 bits per heavy atom. The lowest BCUT2D eigenvalue weighted by Gasteiger charge is -2.34. The number of carboxylic acids is 1. The second kappa shape index (κ2) is 14.1. The van der Waals surface area contributed by atoms with E-state index in [2.05, 4.69) is 11.9 Å². The quantitative estimate of drug-likeness (QED) is 0.151. The number of hydroxylamine groups is 2. The predicted octanol–water partition coefficient (Wildman–Crippen LogP) is 3.88. The van der Waals surface area contributed by atoms with Gasteiger partial charge >= 0.3 is 12.1 Å². The fourth-order valence-electron chi connectivity index (χ4n) is 6.44. The summed E-state index contributed by atoms with van der Waals surface area (Å²) in [4.78, 5) is 65.0. The van der Waals surface area contributed by atoms with Crippen LogP contribution in [0.15, 0.2) is 54.4 Å². The Morgan fingerprint density at radius 1 is 1.12 bits per heavy atom. The monoisotopic (exact) mass is 693 g/mol. The van der Waals surface area contributed by atoms with Crippen molar-refractivity contribution in [2.24, 2.45) is 11.8 Å². The Kier molecular flexibility index (Phi) is 9.86. The smallest absolute Gasteiger partial charge is 0.434 e. The van der Waals surface area contributed by atoms with E-state index in [1.54, 1.807) is 19.9 Å². The van der Waals surface area contributed by atoms with Gasteiger partial charge in [-0.3, -0.25) is 14.8 Å². The molecule has 14 nitrogen and oxygen atoms in total. The van der Waals surface area contributed by atoms with E-state index in [1.165, 1.54) is 22.3 Å². The number of hydrogen-bond acceptors (Lipinski definition) is 11. The number of nitrogens with zero attached hydrogens (tertiary/aromatic N) is 4. The van der Waals surface area contributed by atoms with Gasteiger partial charge in [0.1, 0.15) is 35.5 Å². The molecule has 4 heterocycles. The summed E-state index contributed by atoms with van der Waals surface area (Å²) in [6.45, 7) is 7.69. The normalized spacial score (nSPS) is 24.3. The molecule has 3 aromatic rings. The van der Waals surface area contributed by atoms with Crippen molar-refractivity contribution in [1.82, 2.24) is 25.2 Å². The van der Waals surface area contributed by atoms with Crippen LogP contribution < -0.4 is 10.1 Å². The SMILES string of the molecule is C=C[C@@H]1CC1(NC(=O)[C@@H]1C[C@@H](Oc2nc3ccccc3nc2-c2cccs2)CN1C(=O)C(C(C)C)N(O)C(=O)OC1CCOCC1)C(=O)O. The van der Waals surface area contributed by atoms with Gasteiger partial charge in [-0.05, 0) is 35.9 Å². The Hall–Kier alpha value is -4.60. The highest BCUT2D eigenvalue weighted by Gasteiger charge is 2.61. The zero-order chi connectivity index (χ0) is 34.9. The molecule has 1 aromatic carbocycles. The summed E-state index contributed by atoms with van der Waals surface area (Å²) < 4.78 is 17.2. The zero-order valence-electron chi connectivity index (χ0n) is 27.2. The second-order valence-corrected chi connectivity index (χ2v) is 13.8. The molecule has 15 heteroatoms. The van der Waals surface area contributed by atoms with Crippen LogP contribution in [0.2, 0.25) is 0 Å². The largest absolute Gasteiger partial charge is 0.479 e. The van der Waals surface area contributed by atoms with Crippen molar-refractivity contribution in [1.29, 1.82) is 0 Å². The number of para-hydroxylation sites is 2. The van der Waals surface area contributed by atoms with Crippen molar-refractivity contribution in [3.05, 3.63) is 54.4 Å². The molecule has 3 fully saturated rings. The van der Waals surface area contributed by atoms with Crippen LogP contribution in [0.3, 0.4) is 0 Å². The van der Waals surface area contributed by atoms with Crippen molar-refractivity contribution >= 4 is 46.2 Å². The average molecular weight is 694 g/mol. The number of amides is 3. The van der Waals surface area contributed by atoms with E-state index in [4.69, 9.17) is 24.2 Å².